The van der Waals surface area contributed by atoms with Gasteiger partial charge in [-0.15, -0.1) is 0 Å². The van der Waals surface area contributed by atoms with Crippen molar-refractivity contribution in [3.8, 4) is 5.75 Å². The van der Waals surface area contributed by atoms with E-state index in [4.69, 9.17) is 0 Å². The number of hydrogen-bond acceptors (Lipinski definition) is 4. The van der Waals surface area contributed by atoms with Crippen LogP contribution in [0.25, 0.3) is 0 Å². The number of halogens is 2. The second-order valence-electron chi connectivity index (χ2n) is 3.77. The van der Waals surface area contributed by atoms with Crippen LogP contribution in [0.2, 0.25) is 0 Å². The van der Waals surface area contributed by atoms with E-state index in [0.29, 0.717) is 5.56 Å². The lowest BCUT2D eigenvalue weighted by Crippen LogP contribution is -2.23. The molecule has 0 aliphatic rings. The largest absolute Gasteiger partial charge is 0.435 e. The molecule has 1 heterocycles. The SMILES string of the molecule is O=S(=O)(NCc1ccc(OC(F)F)cc1)c1ccn[nH]1. The Hall–Kier alpha value is -2.00. The molecule has 2 aromatic rings. The summed E-state index contributed by atoms with van der Waals surface area (Å²) < 4.78 is 54.0. The average molecular weight is 303 g/mol. The highest BCUT2D eigenvalue weighted by Gasteiger charge is 2.14. The van der Waals surface area contributed by atoms with Gasteiger partial charge in [0, 0.05) is 6.54 Å². The minimum absolute atomic E-state index is 0.0141. The Morgan fingerprint density at radius 2 is 1.95 bits per heavy atom. The Morgan fingerprint density at radius 3 is 2.50 bits per heavy atom. The van der Waals surface area contributed by atoms with E-state index in [1.54, 1.807) is 0 Å². The summed E-state index contributed by atoms with van der Waals surface area (Å²) in [6.45, 7) is -2.87. The first-order valence-corrected chi connectivity index (χ1v) is 6.98. The molecule has 0 radical (unpaired) electrons. The molecule has 2 N–H and O–H groups in total. The first kappa shape index (κ1) is 14.4. The lowest BCUT2D eigenvalue weighted by Gasteiger charge is -2.07. The minimum atomic E-state index is -3.66. The highest BCUT2D eigenvalue weighted by Crippen LogP contribution is 2.15. The summed E-state index contributed by atoms with van der Waals surface area (Å²) in [6, 6.07) is 6.99. The van der Waals surface area contributed by atoms with Crippen molar-refractivity contribution in [2.45, 2.75) is 18.2 Å². The van der Waals surface area contributed by atoms with Crippen LogP contribution in [0.3, 0.4) is 0 Å². The molecule has 0 saturated carbocycles. The van der Waals surface area contributed by atoms with Gasteiger partial charge in [0.25, 0.3) is 10.0 Å². The number of nitrogens with one attached hydrogen (secondary N) is 2. The third-order valence-corrected chi connectivity index (χ3v) is 3.71. The third-order valence-electron chi connectivity index (χ3n) is 2.38. The van der Waals surface area contributed by atoms with E-state index >= 15 is 0 Å². The number of aromatic nitrogens is 2. The number of hydrogen-bond donors (Lipinski definition) is 2. The molecule has 108 valence electrons. The Balaban J connectivity index is 1.98. The topological polar surface area (TPSA) is 84.1 Å². The molecule has 9 heteroatoms. The van der Waals surface area contributed by atoms with Crippen molar-refractivity contribution >= 4 is 10.0 Å². The fraction of sp³-hybridized carbons (Fsp3) is 0.182. The second kappa shape index (κ2) is 5.97. The highest BCUT2D eigenvalue weighted by atomic mass is 32.2. The number of benzene rings is 1. The molecule has 0 bridgehead atoms. The number of H-pyrrole nitrogens is 1. The van der Waals surface area contributed by atoms with Crippen molar-refractivity contribution in [3.05, 3.63) is 42.1 Å². The predicted molar refractivity (Wildman–Crippen MR) is 65.7 cm³/mol. The van der Waals surface area contributed by atoms with Gasteiger partial charge in [-0.1, -0.05) is 12.1 Å². The van der Waals surface area contributed by atoms with E-state index in [0.717, 1.165) is 0 Å². The minimum Gasteiger partial charge on any atom is -0.435 e. The third kappa shape index (κ3) is 3.75. The van der Waals surface area contributed by atoms with Gasteiger partial charge in [0.2, 0.25) is 0 Å². The molecule has 0 aliphatic heterocycles. The maximum Gasteiger partial charge on any atom is 0.387 e. The Labute approximate surface area is 113 Å². The van der Waals surface area contributed by atoms with Crippen molar-refractivity contribution in [1.29, 1.82) is 0 Å². The molecule has 0 aliphatic carbocycles. The van der Waals surface area contributed by atoms with Gasteiger partial charge in [-0.25, -0.2) is 13.1 Å². The number of alkyl halides is 2. The molecule has 0 amide bonds. The molecule has 0 fully saturated rings. The lowest BCUT2D eigenvalue weighted by molar-refractivity contribution is -0.0498. The summed E-state index contributed by atoms with van der Waals surface area (Å²) in [7, 11) is -3.66. The zero-order chi connectivity index (χ0) is 14.6. The van der Waals surface area contributed by atoms with Gasteiger partial charge >= 0.3 is 6.61 Å². The zero-order valence-electron chi connectivity index (χ0n) is 10.1. The number of sulfonamides is 1. The monoisotopic (exact) mass is 303 g/mol. The number of nitrogens with zero attached hydrogens (tertiary/aromatic N) is 1. The molecule has 0 unspecified atom stereocenters. The van der Waals surface area contributed by atoms with E-state index < -0.39 is 16.6 Å². The van der Waals surface area contributed by atoms with Crippen LogP contribution >= 0.6 is 0 Å². The highest BCUT2D eigenvalue weighted by molar-refractivity contribution is 7.89. The second-order valence-corrected chi connectivity index (χ2v) is 5.50. The van der Waals surface area contributed by atoms with E-state index in [9.17, 15) is 17.2 Å². The standard InChI is InChI=1S/C11H11F2N3O3S/c12-11(13)19-9-3-1-8(2-4-9)7-15-20(17,18)10-5-6-14-16-10/h1-6,11,15H,7H2,(H,14,16). The van der Waals surface area contributed by atoms with Crippen LogP contribution < -0.4 is 9.46 Å². The molecular weight excluding hydrogens is 292 g/mol. The fourth-order valence-electron chi connectivity index (χ4n) is 1.44. The normalized spacial score (nSPS) is 11.8. The smallest absolute Gasteiger partial charge is 0.387 e. The summed E-state index contributed by atoms with van der Waals surface area (Å²) in [5.74, 6) is 0.0141. The van der Waals surface area contributed by atoms with Gasteiger partial charge in [-0.3, -0.25) is 5.10 Å². The van der Waals surface area contributed by atoms with Crippen LogP contribution in [0.15, 0.2) is 41.6 Å². The van der Waals surface area contributed by atoms with Crippen LogP contribution in [0, 0.1) is 0 Å². The van der Waals surface area contributed by atoms with E-state index in [1.165, 1.54) is 36.5 Å². The van der Waals surface area contributed by atoms with Crippen LogP contribution in [-0.2, 0) is 16.6 Å². The molecule has 6 nitrogen and oxygen atoms in total. The van der Waals surface area contributed by atoms with Crippen molar-refractivity contribution < 1.29 is 21.9 Å². The van der Waals surface area contributed by atoms with E-state index in [1.807, 2.05) is 0 Å². The summed E-state index contributed by atoms with van der Waals surface area (Å²) >= 11 is 0. The van der Waals surface area contributed by atoms with Crippen LogP contribution in [0.4, 0.5) is 8.78 Å². The molecule has 20 heavy (non-hydrogen) atoms. The number of rotatable bonds is 6. The Morgan fingerprint density at radius 1 is 1.25 bits per heavy atom. The molecule has 2 rings (SSSR count). The quantitative estimate of drug-likeness (QED) is 0.847. The summed E-state index contributed by atoms with van der Waals surface area (Å²) in [5, 5.41) is 5.85. The summed E-state index contributed by atoms with van der Waals surface area (Å²) in [4.78, 5) is 0. The zero-order valence-corrected chi connectivity index (χ0v) is 10.9. The molecule has 0 spiro atoms. The van der Waals surface area contributed by atoms with Crippen molar-refractivity contribution in [2.24, 2.45) is 0 Å². The maximum atomic E-state index is 12.0. The first-order chi connectivity index (χ1) is 9.47. The van der Waals surface area contributed by atoms with E-state index in [-0.39, 0.29) is 17.3 Å². The molecular formula is C11H11F2N3O3S. The van der Waals surface area contributed by atoms with Crippen molar-refractivity contribution in [2.75, 3.05) is 0 Å². The van der Waals surface area contributed by atoms with Gasteiger partial charge in [0.05, 0.1) is 6.20 Å². The van der Waals surface area contributed by atoms with Crippen molar-refractivity contribution in [1.82, 2.24) is 14.9 Å². The molecule has 1 aromatic heterocycles. The molecule has 1 aromatic carbocycles. The van der Waals surface area contributed by atoms with Gasteiger partial charge in [0.1, 0.15) is 5.75 Å². The van der Waals surface area contributed by atoms with E-state index in [2.05, 4.69) is 19.7 Å². The Kier molecular flexibility index (Phi) is 4.30. The van der Waals surface area contributed by atoms with Gasteiger partial charge in [-0.2, -0.15) is 13.9 Å². The van der Waals surface area contributed by atoms with Crippen LogP contribution in [0.5, 0.6) is 5.75 Å². The summed E-state index contributed by atoms with van der Waals surface area (Å²) in [5.41, 5.74) is 0.606. The lowest BCUT2D eigenvalue weighted by atomic mass is 10.2. The van der Waals surface area contributed by atoms with Gasteiger partial charge in [0.15, 0.2) is 5.03 Å². The number of ether oxygens (including phenoxy) is 1. The van der Waals surface area contributed by atoms with Gasteiger partial charge in [-0.05, 0) is 23.8 Å². The van der Waals surface area contributed by atoms with Crippen LogP contribution in [0.1, 0.15) is 5.56 Å². The predicted octanol–water partition coefficient (Wildman–Crippen LogP) is 1.49. The summed E-state index contributed by atoms with van der Waals surface area (Å²) in [6.07, 6.45) is 1.32. The number of aromatic amines is 1. The van der Waals surface area contributed by atoms with Crippen LogP contribution in [-0.4, -0.2) is 25.2 Å². The maximum absolute atomic E-state index is 12.0. The fourth-order valence-corrected chi connectivity index (χ4v) is 2.36. The Bertz CT molecular complexity index is 642. The van der Waals surface area contributed by atoms with Gasteiger partial charge < -0.3 is 4.74 Å². The molecule has 0 atom stereocenters. The first-order valence-electron chi connectivity index (χ1n) is 5.50. The molecule has 0 saturated heterocycles. The van der Waals surface area contributed by atoms with Crippen molar-refractivity contribution in [3.63, 3.8) is 0 Å². The average Bonchev–Trinajstić information content (AvgIpc) is 2.92.